The van der Waals surface area contributed by atoms with Crippen LogP contribution in [0.5, 0.6) is 0 Å². The molecule has 13 heteroatoms. The third-order valence-corrected chi connectivity index (χ3v) is 11.5. The lowest BCUT2D eigenvalue weighted by atomic mass is 9.96. The van der Waals surface area contributed by atoms with Gasteiger partial charge in [-0.05, 0) is 65.6 Å². The second-order valence-electron chi connectivity index (χ2n) is 14.9. The number of aryl methyl sites for hydroxylation is 1. The molecule has 1 fully saturated rings. The molecule has 4 aliphatic rings. The third kappa shape index (κ3) is 6.12. The number of amides is 5. The summed E-state index contributed by atoms with van der Waals surface area (Å²) in [5.41, 5.74) is 8.12. The number of carbonyl (C=O) groups is 5. The fourth-order valence-corrected chi connectivity index (χ4v) is 8.60. The number of benzene rings is 2. The summed E-state index contributed by atoms with van der Waals surface area (Å²) in [6.45, 7) is 5.92. The summed E-state index contributed by atoms with van der Waals surface area (Å²) in [5, 5.41) is 7.44. The van der Waals surface area contributed by atoms with Crippen LogP contribution in [0.25, 0.3) is 38.9 Å². The molecule has 2 aromatic carbocycles. The highest BCUT2D eigenvalue weighted by molar-refractivity contribution is 6.06. The molecule has 0 saturated carbocycles. The van der Waals surface area contributed by atoms with Crippen LogP contribution in [0.15, 0.2) is 73.1 Å². The first-order valence-electron chi connectivity index (χ1n) is 19.1. The molecule has 2 unspecified atom stereocenters. The molecular formula is C43H40N8O5. The van der Waals surface area contributed by atoms with E-state index >= 15 is 0 Å². The molecule has 13 nitrogen and oxygen atoms in total. The molecule has 0 bridgehead atoms. The van der Waals surface area contributed by atoms with Crippen LogP contribution in [0.1, 0.15) is 83.0 Å². The van der Waals surface area contributed by atoms with E-state index in [1.807, 2.05) is 47.5 Å². The van der Waals surface area contributed by atoms with Gasteiger partial charge in [-0.1, -0.05) is 43.3 Å². The van der Waals surface area contributed by atoms with E-state index in [0.29, 0.717) is 50.2 Å². The molecule has 3 aliphatic heterocycles. The van der Waals surface area contributed by atoms with Gasteiger partial charge < -0.3 is 19.7 Å². The Balaban J connectivity index is 0.877. The molecule has 2 N–H and O–H groups in total. The van der Waals surface area contributed by atoms with Crippen LogP contribution in [-0.2, 0) is 40.4 Å². The molecule has 9 rings (SSSR count). The van der Waals surface area contributed by atoms with Gasteiger partial charge in [0, 0.05) is 79.9 Å². The Bertz CT molecular complexity index is 2520. The van der Waals surface area contributed by atoms with Crippen molar-refractivity contribution < 1.29 is 24.0 Å². The highest BCUT2D eigenvalue weighted by Crippen LogP contribution is 2.38. The maximum atomic E-state index is 13.4. The fourth-order valence-electron chi connectivity index (χ4n) is 8.60. The molecule has 1 aliphatic carbocycles. The van der Waals surface area contributed by atoms with Gasteiger partial charge in [0.25, 0.3) is 11.8 Å². The van der Waals surface area contributed by atoms with Crippen LogP contribution < -0.4 is 10.6 Å². The molecule has 0 spiro atoms. The van der Waals surface area contributed by atoms with E-state index < -0.39 is 11.9 Å². The summed E-state index contributed by atoms with van der Waals surface area (Å²) in [6, 6.07) is 16.5. The minimum atomic E-state index is -0.677. The number of hydrogen-bond acceptors (Lipinski definition) is 8. The second-order valence-corrected chi connectivity index (χ2v) is 14.9. The van der Waals surface area contributed by atoms with Crippen LogP contribution >= 0.6 is 0 Å². The molecule has 282 valence electrons. The Kier molecular flexibility index (Phi) is 8.79. The maximum Gasteiger partial charge on any atom is 0.270 e. The van der Waals surface area contributed by atoms with E-state index in [1.165, 1.54) is 0 Å². The molecule has 1 saturated heterocycles. The number of piperidine rings is 1. The number of nitrogens with zero attached hydrogens (tertiary/aromatic N) is 6. The fraction of sp³-hybridized carbons (Fsp3) is 0.302. The van der Waals surface area contributed by atoms with Gasteiger partial charge in [-0.25, -0.2) is 4.98 Å². The van der Waals surface area contributed by atoms with Crippen molar-refractivity contribution in [1.82, 2.24) is 40.0 Å². The van der Waals surface area contributed by atoms with Gasteiger partial charge in [-0.3, -0.25) is 39.3 Å². The molecule has 56 heavy (non-hydrogen) atoms. The summed E-state index contributed by atoms with van der Waals surface area (Å²) < 4.78 is 2.25. The Morgan fingerprint density at radius 3 is 2.55 bits per heavy atom. The largest absolute Gasteiger partial charge is 0.347 e. The van der Waals surface area contributed by atoms with E-state index in [2.05, 4.69) is 39.3 Å². The zero-order valence-corrected chi connectivity index (χ0v) is 31.2. The van der Waals surface area contributed by atoms with Gasteiger partial charge in [-0.2, -0.15) is 0 Å². The first-order chi connectivity index (χ1) is 27.2. The van der Waals surface area contributed by atoms with Crippen molar-refractivity contribution in [3.8, 4) is 22.5 Å². The van der Waals surface area contributed by atoms with Crippen molar-refractivity contribution >= 4 is 45.9 Å². The van der Waals surface area contributed by atoms with Gasteiger partial charge in [0.1, 0.15) is 17.6 Å². The Hall–Kier alpha value is -6.50. The van der Waals surface area contributed by atoms with Crippen molar-refractivity contribution in [2.24, 2.45) is 0 Å². The summed E-state index contributed by atoms with van der Waals surface area (Å²) in [4.78, 5) is 81.0. The number of fused-ring (bicyclic) bond motifs is 3. The van der Waals surface area contributed by atoms with Gasteiger partial charge >= 0.3 is 0 Å². The SMILES string of the molecule is CCc1nc(-c2cccc3cc(-c4ccc(C(=O)NC5CC=C(c6cccc7c6CN(C6CCC(=O)NC6=O)C7=O)C5)nc4)ncc23)c2n1CCN(C(C)=O)C2. The second kappa shape index (κ2) is 14.0. The number of rotatable bonds is 7. The van der Waals surface area contributed by atoms with Crippen LogP contribution in [0.2, 0.25) is 0 Å². The smallest absolute Gasteiger partial charge is 0.270 e. The number of imidazole rings is 1. The maximum absolute atomic E-state index is 13.4. The number of nitrogens with one attached hydrogen (secondary N) is 2. The van der Waals surface area contributed by atoms with Gasteiger partial charge in [0.2, 0.25) is 17.7 Å². The number of aromatic nitrogens is 4. The van der Waals surface area contributed by atoms with Crippen molar-refractivity contribution in [2.75, 3.05) is 6.54 Å². The first-order valence-corrected chi connectivity index (χ1v) is 19.1. The standard InChI is InChI=1S/C43H40N8O5/c1-3-38-47-40(37-23-49(24(2)52)16-17-50(37)38)30-8-4-6-25-19-35(45-21-32(25)30)27-11-13-34(44-20-27)41(54)46-28-12-10-26(18-28)29-7-5-9-31-33(29)22-51(43(31)56)36-14-15-39(53)48-42(36)55/h4-11,13,19-21,28,36H,3,12,14-18,22-23H2,1-2H3,(H,46,54)(H,48,53,55). The predicted octanol–water partition coefficient (Wildman–Crippen LogP) is 4.82. The lowest BCUT2D eigenvalue weighted by Crippen LogP contribution is -2.52. The van der Waals surface area contributed by atoms with Crippen molar-refractivity contribution in [1.29, 1.82) is 0 Å². The Labute approximate surface area is 322 Å². The lowest BCUT2D eigenvalue weighted by Gasteiger charge is -2.29. The van der Waals surface area contributed by atoms with Crippen molar-refractivity contribution in [3.05, 3.63) is 107 Å². The average Bonchev–Trinajstić information content (AvgIpc) is 3.92. The summed E-state index contributed by atoms with van der Waals surface area (Å²) in [6.07, 6.45) is 8.15. The lowest BCUT2D eigenvalue weighted by molar-refractivity contribution is -0.137. The third-order valence-electron chi connectivity index (χ3n) is 11.5. The Morgan fingerprint density at radius 1 is 0.946 bits per heavy atom. The van der Waals surface area contributed by atoms with Crippen LogP contribution in [-0.4, -0.2) is 77.5 Å². The van der Waals surface area contributed by atoms with Crippen molar-refractivity contribution in [2.45, 2.75) is 77.7 Å². The van der Waals surface area contributed by atoms with E-state index in [-0.39, 0.29) is 36.1 Å². The molecule has 5 aromatic rings. The van der Waals surface area contributed by atoms with E-state index in [1.54, 1.807) is 30.2 Å². The van der Waals surface area contributed by atoms with Crippen LogP contribution in [0.4, 0.5) is 0 Å². The number of carbonyl (C=O) groups excluding carboxylic acids is 5. The van der Waals surface area contributed by atoms with E-state index in [4.69, 9.17) is 9.97 Å². The van der Waals surface area contributed by atoms with Crippen molar-refractivity contribution in [3.63, 3.8) is 0 Å². The molecule has 0 radical (unpaired) electrons. The van der Waals surface area contributed by atoms with E-state index in [0.717, 1.165) is 74.5 Å². The highest BCUT2D eigenvalue weighted by Gasteiger charge is 2.40. The monoisotopic (exact) mass is 748 g/mol. The average molecular weight is 749 g/mol. The zero-order chi connectivity index (χ0) is 38.7. The number of hydrogen-bond donors (Lipinski definition) is 2. The quantitative estimate of drug-likeness (QED) is 0.224. The summed E-state index contributed by atoms with van der Waals surface area (Å²) in [7, 11) is 0. The minimum absolute atomic E-state index is 0.0563. The van der Waals surface area contributed by atoms with E-state index in [9.17, 15) is 24.0 Å². The zero-order valence-electron chi connectivity index (χ0n) is 31.2. The highest BCUT2D eigenvalue weighted by atomic mass is 16.2. The first kappa shape index (κ1) is 35.2. The molecule has 5 amide bonds. The van der Waals surface area contributed by atoms with Crippen LogP contribution in [0, 0.1) is 0 Å². The molecule has 3 aromatic heterocycles. The topological polar surface area (TPSA) is 159 Å². The van der Waals surface area contributed by atoms with Crippen LogP contribution in [0.3, 0.4) is 0 Å². The van der Waals surface area contributed by atoms with Gasteiger partial charge in [0.05, 0.1) is 23.6 Å². The predicted molar refractivity (Wildman–Crippen MR) is 208 cm³/mol. The molecule has 6 heterocycles. The molecule has 2 atom stereocenters. The number of pyridine rings is 2. The normalized spacial score (nSPS) is 19.2. The molecular weight excluding hydrogens is 709 g/mol. The van der Waals surface area contributed by atoms with Gasteiger partial charge in [-0.15, -0.1) is 0 Å². The summed E-state index contributed by atoms with van der Waals surface area (Å²) in [5.74, 6) is -0.168. The number of imide groups is 1. The Morgan fingerprint density at radius 2 is 1.77 bits per heavy atom. The van der Waals surface area contributed by atoms with Gasteiger partial charge in [0.15, 0.2) is 0 Å². The summed E-state index contributed by atoms with van der Waals surface area (Å²) >= 11 is 0. The minimum Gasteiger partial charge on any atom is -0.347 e.